The molecule has 0 radical (unpaired) electrons. The van der Waals surface area contributed by atoms with Crippen LogP contribution >= 0.6 is 0 Å². The van der Waals surface area contributed by atoms with E-state index in [-0.39, 0.29) is 10.8 Å². The van der Waals surface area contributed by atoms with Crippen molar-refractivity contribution in [3.05, 3.63) is 36.5 Å². The first kappa shape index (κ1) is 16.0. The summed E-state index contributed by atoms with van der Waals surface area (Å²) >= 11 is 0. The molecule has 1 aromatic rings. The normalized spacial score (nSPS) is 20.7. The fourth-order valence-electron chi connectivity index (χ4n) is 1.77. The highest BCUT2D eigenvalue weighted by atomic mass is 19.4. The van der Waals surface area contributed by atoms with Crippen LogP contribution in [0.15, 0.2) is 36.5 Å². The molecule has 1 heterocycles. The van der Waals surface area contributed by atoms with Gasteiger partial charge in [0, 0.05) is 6.20 Å². The number of hydrazine groups is 1. The summed E-state index contributed by atoms with van der Waals surface area (Å²) in [5, 5.41) is 9.65. The van der Waals surface area contributed by atoms with E-state index in [1.165, 1.54) is 19.2 Å². The van der Waals surface area contributed by atoms with Crippen molar-refractivity contribution in [2.24, 2.45) is 0 Å². The molecule has 0 unspecified atom stereocenters. The molecule has 0 bridgehead atoms. The summed E-state index contributed by atoms with van der Waals surface area (Å²) in [5.74, 6) is -0.243. The average Bonchev–Trinajstić information content (AvgIpc) is 2.88. The molecule has 2 N–H and O–H groups in total. The van der Waals surface area contributed by atoms with Crippen LogP contribution in [0.1, 0.15) is 0 Å². The van der Waals surface area contributed by atoms with Crippen LogP contribution in [-0.4, -0.2) is 41.6 Å². The zero-order chi connectivity index (χ0) is 16.4. The number of carbonyl (C=O) groups is 1. The Morgan fingerprint density at radius 2 is 1.91 bits per heavy atom. The van der Waals surface area contributed by atoms with Crippen LogP contribution in [-0.2, 0) is 4.79 Å². The van der Waals surface area contributed by atoms with Gasteiger partial charge in [0.15, 0.2) is 6.61 Å². The van der Waals surface area contributed by atoms with E-state index in [0.29, 0.717) is 11.8 Å². The van der Waals surface area contributed by atoms with E-state index in [1.54, 1.807) is 12.1 Å². The summed E-state index contributed by atoms with van der Waals surface area (Å²) in [7, 11) is 1.48. The molecule has 0 aliphatic carbocycles. The van der Waals surface area contributed by atoms with Crippen LogP contribution < -0.4 is 14.9 Å². The minimum Gasteiger partial charge on any atom is -0.497 e. The lowest BCUT2D eigenvalue weighted by molar-refractivity contribution is -0.289. The van der Waals surface area contributed by atoms with Gasteiger partial charge in [-0.1, -0.05) is 0 Å². The van der Waals surface area contributed by atoms with E-state index < -0.39 is 24.4 Å². The molecule has 120 valence electrons. The number of rotatable bonds is 4. The monoisotopic (exact) mass is 318 g/mol. The van der Waals surface area contributed by atoms with Gasteiger partial charge in [-0.15, -0.1) is 0 Å². The molecule has 0 saturated carbocycles. The third-order valence-electron chi connectivity index (χ3n) is 2.95. The molecule has 22 heavy (non-hydrogen) atoms. The van der Waals surface area contributed by atoms with Gasteiger partial charge in [0.2, 0.25) is 0 Å². The van der Waals surface area contributed by atoms with Crippen molar-refractivity contribution in [1.29, 1.82) is 0 Å². The molecular weight excluding hydrogens is 305 g/mol. The van der Waals surface area contributed by atoms with Gasteiger partial charge >= 0.3 is 6.18 Å². The molecule has 1 aromatic carbocycles. The minimum atomic E-state index is -5.04. The summed E-state index contributed by atoms with van der Waals surface area (Å²) in [6.07, 6.45) is -3.76. The Kier molecular flexibility index (Phi) is 4.18. The van der Waals surface area contributed by atoms with E-state index in [9.17, 15) is 23.1 Å². The number of nitrogens with zero attached hydrogens (tertiary/aromatic N) is 1. The molecule has 0 spiro atoms. The highest BCUT2D eigenvalue weighted by molar-refractivity contribution is 5.79. The number of aliphatic hydroxyl groups is 1. The quantitative estimate of drug-likeness (QED) is 0.872. The lowest BCUT2D eigenvalue weighted by Gasteiger charge is -2.33. The van der Waals surface area contributed by atoms with Crippen molar-refractivity contribution in [3.8, 4) is 11.5 Å². The van der Waals surface area contributed by atoms with E-state index in [2.05, 4.69) is 0 Å². The van der Waals surface area contributed by atoms with E-state index >= 15 is 0 Å². The summed E-state index contributed by atoms with van der Waals surface area (Å²) in [6.45, 7) is -0.681. The number of benzene rings is 1. The molecule has 1 aliphatic rings. The predicted octanol–water partition coefficient (Wildman–Crippen LogP) is 1.19. The van der Waals surface area contributed by atoms with E-state index in [0.717, 1.165) is 6.20 Å². The Morgan fingerprint density at radius 3 is 2.45 bits per heavy atom. The van der Waals surface area contributed by atoms with Gasteiger partial charge in [-0.05, 0) is 30.3 Å². The Bertz CT molecular complexity index is 574. The molecule has 2 rings (SSSR count). The van der Waals surface area contributed by atoms with Crippen LogP contribution in [0.25, 0.3) is 0 Å². The molecule has 6 nitrogen and oxygen atoms in total. The SMILES string of the molecule is COc1ccc(OCC(=O)N2NC=C[C@@]2(O)C(F)(F)F)cc1. The molecule has 0 aromatic heterocycles. The van der Waals surface area contributed by atoms with Gasteiger partial charge in [-0.2, -0.15) is 13.2 Å². The van der Waals surface area contributed by atoms with Gasteiger partial charge in [0.25, 0.3) is 11.6 Å². The standard InChI is InChI=1S/C13H13F3N2O4/c1-21-9-2-4-10(5-3-9)22-8-11(19)18-12(20,6-7-17-18)13(14,15)16/h2-7,17,20H,8H2,1H3/t12-/m1/s1. The average molecular weight is 318 g/mol. The van der Waals surface area contributed by atoms with Crippen molar-refractivity contribution >= 4 is 5.91 Å². The lowest BCUT2D eigenvalue weighted by Crippen LogP contribution is -2.61. The smallest absolute Gasteiger partial charge is 0.442 e. The maximum atomic E-state index is 12.8. The Morgan fingerprint density at radius 1 is 1.32 bits per heavy atom. The second-order valence-corrected chi connectivity index (χ2v) is 4.38. The number of nitrogens with one attached hydrogen (secondary N) is 1. The van der Waals surface area contributed by atoms with Crippen molar-refractivity contribution in [3.63, 3.8) is 0 Å². The summed E-state index contributed by atoms with van der Waals surface area (Å²) in [6, 6.07) is 6.14. The largest absolute Gasteiger partial charge is 0.497 e. The van der Waals surface area contributed by atoms with Gasteiger partial charge in [0.05, 0.1) is 7.11 Å². The second kappa shape index (κ2) is 5.76. The number of amides is 1. The van der Waals surface area contributed by atoms with E-state index in [4.69, 9.17) is 9.47 Å². The number of halogens is 3. The number of hydrogen-bond acceptors (Lipinski definition) is 5. The van der Waals surface area contributed by atoms with Gasteiger partial charge < -0.3 is 20.0 Å². The summed E-state index contributed by atoms with van der Waals surface area (Å²) < 4.78 is 48.5. The van der Waals surface area contributed by atoms with Crippen molar-refractivity contribution in [2.45, 2.75) is 11.9 Å². The lowest BCUT2D eigenvalue weighted by atomic mass is 10.2. The Hall–Kier alpha value is -2.42. The van der Waals surface area contributed by atoms with Gasteiger partial charge in [-0.3, -0.25) is 4.79 Å². The fourth-order valence-corrected chi connectivity index (χ4v) is 1.77. The zero-order valence-electron chi connectivity index (χ0n) is 11.4. The molecule has 1 aliphatic heterocycles. The zero-order valence-corrected chi connectivity index (χ0v) is 11.4. The van der Waals surface area contributed by atoms with Crippen molar-refractivity contribution in [1.82, 2.24) is 10.4 Å². The van der Waals surface area contributed by atoms with Crippen LogP contribution in [0.4, 0.5) is 13.2 Å². The highest BCUT2D eigenvalue weighted by Crippen LogP contribution is 2.35. The number of alkyl halides is 3. The fraction of sp³-hybridized carbons (Fsp3) is 0.308. The summed E-state index contributed by atoms with van der Waals surface area (Å²) in [5.41, 5.74) is -1.35. The number of methoxy groups -OCH3 is 1. The third kappa shape index (κ3) is 2.93. The van der Waals surface area contributed by atoms with E-state index in [1.807, 2.05) is 5.43 Å². The molecule has 0 saturated heterocycles. The van der Waals surface area contributed by atoms with Crippen LogP contribution in [0.2, 0.25) is 0 Å². The number of hydrogen-bond donors (Lipinski definition) is 2. The highest BCUT2D eigenvalue weighted by Gasteiger charge is 2.60. The minimum absolute atomic E-state index is 0.0660. The van der Waals surface area contributed by atoms with Gasteiger partial charge in [0.1, 0.15) is 11.5 Å². The molecule has 1 atom stereocenters. The first-order valence-electron chi connectivity index (χ1n) is 6.11. The Balaban J connectivity index is 2.00. The molecule has 9 heteroatoms. The topological polar surface area (TPSA) is 71.0 Å². The van der Waals surface area contributed by atoms with Crippen LogP contribution in [0.5, 0.6) is 11.5 Å². The van der Waals surface area contributed by atoms with Gasteiger partial charge in [-0.25, -0.2) is 5.01 Å². The maximum Gasteiger partial charge on any atom is 0.442 e. The molecule has 1 amide bonds. The second-order valence-electron chi connectivity index (χ2n) is 4.38. The Labute approximate surface area is 123 Å². The van der Waals surface area contributed by atoms with Crippen molar-refractivity contribution < 1.29 is 32.5 Å². The van der Waals surface area contributed by atoms with Crippen molar-refractivity contribution in [2.75, 3.05) is 13.7 Å². The summed E-state index contributed by atoms with van der Waals surface area (Å²) in [4.78, 5) is 11.8. The molecule has 0 fully saturated rings. The van der Waals surface area contributed by atoms with Crippen LogP contribution in [0.3, 0.4) is 0 Å². The predicted molar refractivity (Wildman–Crippen MR) is 68.6 cm³/mol. The first-order chi connectivity index (χ1) is 10.3. The maximum absolute atomic E-state index is 12.8. The number of ether oxygens (including phenoxy) is 2. The number of carbonyl (C=O) groups excluding carboxylic acids is 1. The first-order valence-corrected chi connectivity index (χ1v) is 6.11. The third-order valence-corrected chi connectivity index (χ3v) is 2.95. The van der Waals surface area contributed by atoms with Crippen LogP contribution in [0, 0.1) is 0 Å². The molecular formula is C13H13F3N2O4.